The van der Waals surface area contributed by atoms with Gasteiger partial charge in [0.2, 0.25) is 0 Å². The summed E-state index contributed by atoms with van der Waals surface area (Å²) in [7, 11) is 3.01. The minimum absolute atomic E-state index is 0.0445. The van der Waals surface area contributed by atoms with Gasteiger partial charge in [0, 0.05) is 26.7 Å². The van der Waals surface area contributed by atoms with Gasteiger partial charge >= 0.3 is 5.97 Å². The molecule has 2 atom stereocenters. The van der Waals surface area contributed by atoms with Crippen molar-refractivity contribution in [3.05, 3.63) is 0 Å². The van der Waals surface area contributed by atoms with Crippen LogP contribution in [0.2, 0.25) is 0 Å². The Labute approximate surface area is 114 Å². The predicted octanol–water partition coefficient (Wildman–Crippen LogP) is 0.479. The predicted molar refractivity (Wildman–Crippen MR) is 69.8 cm³/mol. The zero-order valence-corrected chi connectivity index (χ0v) is 11.9. The third-order valence-corrected chi connectivity index (χ3v) is 3.31. The molecule has 6 nitrogen and oxygen atoms in total. The lowest BCUT2D eigenvalue weighted by atomic mass is 10.00. The van der Waals surface area contributed by atoms with Crippen LogP contribution in [0, 0.1) is 0 Å². The maximum absolute atomic E-state index is 11.5. The van der Waals surface area contributed by atoms with E-state index in [9.17, 15) is 4.79 Å². The Bertz CT molecular complexity index is 274. The standard InChI is InChI=1S/C13H25NO5/c1-16-8-9-18-6-3-7-19-11-4-5-13(14,10-11)12(15)17-2/h11H,3-10,14H2,1-2H3. The third-order valence-electron chi connectivity index (χ3n) is 3.31. The van der Waals surface area contributed by atoms with Gasteiger partial charge in [0.15, 0.2) is 0 Å². The molecule has 0 aliphatic heterocycles. The van der Waals surface area contributed by atoms with Crippen molar-refractivity contribution in [2.24, 2.45) is 5.73 Å². The van der Waals surface area contributed by atoms with E-state index in [-0.39, 0.29) is 12.1 Å². The van der Waals surface area contributed by atoms with Gasteiger partial charge in [-0.2, -0.15) is 0 Å². The molecule has 0 aromatic heterocycles. The molecule has 1 aliphatic carbocycles. The molecule has 0 heterocycles. The number of methoxy groups -OCH3 is 2. The van der Waals surface area contributed by atoms with E-state index in [0.717, 1.165) is 12.8 Å². The molecule has 0 radical (unpaired) electrons. The Morgan fingerprint density at radius 3 is 2.74 bits per heavy atom. The Kier molecular flexibility index (Phi) is 7.30. The molecule has 0 spiro atoms. The maximum Gasteiger partial charge on any atom is 0.325 e. The number of nitrogens with two attached hydrogens (primary N) is 1. The van der Waals surface area contributed by atoms with Crippen molar-refractivity contribution in [2.45, 2.75) is 37.3 Å². The molecule has 0 bridgehead atoms. The van der Waals surface area contributed by atoms with Gasteiger partial charge in [0.1, 0.15) is 5.54 Å². The van der Waals surface area contributed by atoms with Gasteiger partial charge in [-0.15, -0.1) is 0 Å². The summed E-state index contributed by atoms with van der Waals surface area (Å²) < 4.78 is 20.6. The Hall–Kier alpha value is -0.690. The van der Waals surface area contributed by atoms with Gasteiger partial charge in [-0.1, -0.05) is 0 Å². The highest BCUT2D eigenvalue weighted by Gasteiger charge is 2.43. The van der Waals surface area contributed by atoms with E-state index < -0.39 is 5.54 Å². The first-order valence-corrected chi connectivity index (χ1v) is 6.68. The Morgan fingerprint density at radius 1 is 1.26 bits per heavy atom. The van der Waals surface area contributed by atoms with Crippen molar-refractivity contribution >= 4 is 5.97 Å². The summed E-state index contributed by atoms with van der Waals surface area (Å²) in [5, 5.41) is 0. The molecule has 1 saturated carbocycles. The number of carbonyl (C=O) groups excluding carboxylic acids is 1. The summed E-state index contributed by atoms with van der Waals surface area (Å²) in [5.74, 6) is -0.346. The van der Waals surface area contributed by atoms with E-state index in [1.165, 1.54) is 7.11 Å². The number of hydrogen-bond acceptors (Lipinski definition) is 6. The smallest absolute Gasteiger partial charge is 0.325 e. The van der Waals surface area contributed by atoms with Crippen molar-refractivity contribution in [1.82, 2.24) is 0 Å². The van der Waals surface area contributed by atoms with E-state index in [1.807, 2.05) is 0 Å². The van der Waals surface area contributed by atoms with Gasteiger partial charge < -0.3 is 24.7 Å². The quantitative estimate of drug-likeness (QED) is 0.487. The molecule has 0 amide bonds. The minimum atomic E-state index is -0.867. The van der Waals surface area contributed by atoms with Crippen LogP contribution in [0.25, 0.3) is 0 Å². The van der Waals surface area contributed by atoms with Crippen LogP contribution in [0.15, 0.2) is 0 Å². The highest BCUT2D eigenvalue weighted by Crippen LogP contribution is 2.30. The molecule has 1 rings (SSSR count). The van der Waals surface area contributed by atoms with Crippen LogP contribution in [0.5, 0.6) is 0 Å². The second-order valence-corrected chi connectivity index (χ2v) is 4.84. The van der Waals surface area contributed by atoms with E-state index in [0.29, 0.717) is 39.3 Å². The number of ether oxygens (including phenoxy) is 4. The van der Waals surface area contributed by atoms with Crippen molar-refractivity contribution in [3.8, 4) is 0 Å². The molecule has 0 saturated heterocycles. The molecule has 6 heteroatoms. The minimum Gasteiger partial charge on any atom is -0.468 e. The molecule has 0 aromatic carbocycles. The molecule has 1 aliphatic rings. The van der Waals surface area contributed by atoms with Crippen LogP contribution in [-0.4, -0.2) is 58.3 Å². The average Bonchev–Trinajstić information content (AvgIpc) is 2.80. The van der Waals surface area contributed by atoms with E-state index in [2.05, 4.69) is 0 Å². The number of rotatable bonds is 9. The molecular weight excluding hydrogens is 250 g/mol. The van der Waals surface area contributed by atoms with E-state index >= 15 is 0 Å². The van der Waals surface area contributed by atoms with Crippen LogP contribution in [-0.2, 0) is 23.7 Å². The van der Waals surface area contributed by atoms with Crippen LogP contribution in [0.3, 0.4) is 0 Å². The molecule has 2 N–H and O–H groups in total. The van der Waals surface area contributed by atoms with Crippen LogP contribution in [0.1, 0.15) is 25.7 Å². The molecule has 2 unspecified atom stereocenters. The fourth-order valence-electron chi connectivity index (χ4n) is 2.22. The van der Waals surface area contributed by atoms with Crippen LogP contribution in [0.4, 0.5) is 0 Å². The van der Waals surface area contributed by atoms with Crippen molar-refractivity contribution in [2.75, 3.05) is 40.6 Å². The van der Waals surface area contributed by atoms with Crippen molar-refractivity contribution < 1.29 is 23.7 Å². The summed E-state index contributed by atoms with van der Waals surface area (Å²) in [6, 6.07) is 0. The summed E-state index contributed by atoms with van der Waals surface area (Å²) in [5.41, 5.74) is 5.13. The van der Waals surface area contributed by atoms with Gasteiger partial charge in [0.25, 0.3) is 0 Å². The lowest BCUT2D eigenvalue weighted by Gasteiger charge is -2.20. The third kappa shape index (κ3) is 5.44. The highest BCUT2D eigenvalue weighted by atomic mass is 16.5. The first kappa shape index (κ1) is 16.4. The van der Waals surface area contributed by atoms with Gasteiger partial charge in [-0.25, -0.2) is 0 Å². The molecule has 112 valence electrons. The summed E-state index contributed by atoms with van der Waals surface area (Å²) >= 11 is 0. The van der Waals surface area contributed by atoms with Crippen LogP contribution >= 0.6 is 0 Å². The first-order valence-electron chi connectivity index (χ1n) is 6.68. The fourth-order valence-corrected chi connectivity index (χ4v) is 2.22. The zero-order valence-electron chi connectivity index (χ0n) is 11.9. The molecule has 1 fully saturated rings. The largest absolute Gasteiger partial charge is 0.468 e. The monoisotopic (exact) mass is 275 g/mol. The number of esters is 1. The SMILES string of the molecule is COCCOCCCOC1CCC(N)(C(=O)OC)C1. The average molecular weight is 275 g/mol. The lowest BCUT2D eigenvalue weighted by Crippen LogP contribution is -2.46. The first-order chi connectivity index (χ1) is 9.12. The summed E-state index contributed by atoms with van der Waals surface area (Å²) in [4.78, 5) is 11.5. The molecule has 0 aromatic rings. The fraction of sp³-hybridized carbons (Fsp3) is 0.923. The normalized spacial score (nSPS) is 26.6. The zero-order chi connectivity index (χ0) is 14.1. The van der Waals surface area contributed by atoms with E-state index in [1.54, 1.807) is 7.11 Å². The van der Waals surface area contributed by atoms with Crippen molar-refractivity contribution in [3.63, 3.8) is 0 Å². The van der Waals surface area contributed by atoms with Gasteiger partial charge in [-0.05, 0) is 19.3 Å². The maximum atomic E-state index is 11.5. The van der Waals surface area contributed by atoms with Crippen LogP contribution < -0.4 is 5.73 Å². The second-order valence-electron chi connectivity index (χ2n) is 4.84. The number of carbonyl (C=O) groups is 1. The molecule has 19 heavy (non-hydrogen) atoms. The Balaban J connectivity index is 2.07. The van der Waals surface area contributed by atoms with Gasteiger partial charge in [-0.3, -0.25) is 4.79 Å². The summed E-state index contributed by atoms with van der Waals surface area (Å²) in [6.07, 6.45) is 2.83. The second kappa shape index (κ2) is 8.47. The van der Waals surface area contributed by atoms with Gasteiger partial charge in [0.05, 0.1) is 26.4 Å². The number of hydrogen-bond donors (Lipinski definition) is 1. The Morgan fingerprint density at radius 2 is 2.05 bits per heavy atom. The highest BCUT2D eigenvalue weighted by molar-refractivity contribution is 5.80. The van der Waals surface area contributed by atoms with Crippen molar-refractivity contribution in [1.29, 1.82) is 0 Å². The van der Waals surface area contributed by atoms with E-state index in [4.69, 9.17) is 24.7 Å². The lowest BCUT2D eigenvalue weighted by molar-refractivity contribution is -0.147. The topological polar surface area (TPSA) is 80.0 Å². The molecular formula is C13H25NO5. The summed E-state index contributed by atoms with van der Waals surface area (Å²) in [6.45, 7) is 2.49.